The molecule has 0 radical (unpaired) electrons. The second kappa shape index (κ2) is 11.6. The molecule has 0 bridgehead atoms. The average Bonchev–Trinajstić information content (AvgIpc) is 3.15. The first kappa shape index (κ1) is 25.0. The van der Waals surface area contributed by atoms with Crippen LogP contribution in [0.2, 0.25) is 0 Å². The molecule has 0 fully saturated rings. The fraction of sp³-hybridized carbons (Fsp3) is 0.345. The molecule has 1 aliphatic rings. The highest BCUT2D eigenvalue weighted by Crippen LogP contribution is 2.33. The Morgan fingerprint density at radius 1 is 1.14 bits per heavy atom. The van der Waals surface area contributed by atoms with E-state index < -0.39 is 23.9 Å². The molecule has 4 rings (SSSR count). The van der Waals surface area contributed by atoms with Crippen LogP contribution in [0.4, 0.5) is 4.39 Å². The maximum atomic E-state index is 15.0. The molecule has 1 amide bonds. The van der Waals surface area contributed by atoms with Gasteiger partial charge in [0.15, 0.2) is 0 Å². The molecule has 3 aromatic carbocycles. The molecule has 184 valence electrons. The van der Waals surface area contributed by atoms with E-state index in [1.54, 1.807) is 6.07 Å². The molecule has 3 aromatic rings. The first-order chi connectivity index (χ1) is 17.0. The van der Waals surface area contributed by atoms with Gasteiger partial charge in [0.2, 0.25) is 0 Å². The third-order valence-corrected chi connectivity index (χ3v) is 6.49. The van der Waals surface area contributed by atoms with Gasteiger partial charge in [-0.25, -0.2) is 4.39 Å². The predicted molar refractivity (Wildman–Crippen MR) is 136 cm³/mol. The van der Waals surface area contributed by atoms with E-state index in [2.05, 4.69) is 10.6 Å². The predicted octanol–water partition coefficient (Wildman–Crippen LogP) is 4.71. The standard InChI is InChI=1S/C29H33FN2O3/c1-3-35-14-6-13-31-18-20-9-10-22-17-27(33)28(25(22)15-20)32-29(34)24-12-11-21(16-26(24)30)23-8-5-4-7-19(23)2/h4-5,7-12,15-16,27-28,31,33H,3,6,13-14,17-18H2,1-2H3,(H,32,34)/t27-,28-/m1/s1. The quantitative estimate of drug-likeness (QED) is 0.371. The van der Waals surface area contributed by atoms with Crippen LogP contribution in [0.15, 0.2) is 60.7 Å². The lowest BCUT2D eigenvalue weighted by atomic mass is 9.99. The fourth-order valence-corrected chi connectivity index (χ4v) is 4.61. The third kappa shape index (κ3) is 5.96. The van der Waals surface area contributed by atoms with Gasteiger partial charge in [-0.3, -0.25) is 4.79 Å². The lowest BCUT2D eigenvalue weighted by Gasteiger charge is -2.19. The van der Waals surface area contributed by atoms with Crippen molar-refractivity contribution in [3.05, 3.63) is 94.3 Å². The number of benzene rings is 3. The zero-order chi connectivity index (χ0) is 24.8. The molecule has 0 saturated carbocycles. The highest BCUT2D eigenvalue weighted by Gasteiger charge is 2.33. The van der Waals surface area contributed by atoms with Crippen molar-refractivity contribution in [3.63, 3.8) is 0 Å². The van der Waals surface area contributed by atoms with Crippen molar-refractivity contribution in [2.24, 2.45) is 0 Å². The smallest absolute Gasteiger partial charge is 0.254 e. The Hall–Kier alpha value is -3.06. The van der Waals surface area contributed by atoms with E-state index >= 15 is 0 Å². The second-order valence-corrected chi connectivity index (χ2v) is 8.99. The van der Waals surface area contributed by atoms with E-state index in [-0.39, 0.29) is 5.56 Å². The lowest BCUT2D eigenvalue weighted by Crippen LogP contribution is -2.34. The molecule has 0 aromatic heterocycles. The number of hydrogen-bond donors (Lipinski definition) is 3. The maximum Gasteiger partial charge on any atom is 0.254 e. The zero-order valence-electron chi connectivity index (χ0n) is 20.3. The summed E-state index contributed by atoms with van der Waals surface area (Å²) in [6.07, 6.45) is 0.638. The Kier molecular flexibility index (Phi) is 8.29. The number of aliphatic hydroxyl groups excluding tert-OH is 1. The van der Waals surface area contributed by atoms with Crippen LogP contribution in [0.1, 0.15) is 52.0 Å². The summed E-state index contributed by atoms with van der Waals surface area (Å²) in [5.74, 6) is -1.11. The van der Waals surface area contributed by atoms with Crippen LogP contribution in [0.3, 0.4) is 0 Å². The Labute approximate surface area is 206 Å². The summed E-state index contributed by atoms with van der Waals surface area (Å²) < 4.78 is 20.3. The molecular formula is C29H33FN2O3. The van der Waals surface area contributed by atoms with Gasteiger partial charge in [0, 0.05) is 26.2 Å². The molecule has 0 aliphatic heterocycles. The van der Waals surface area contributed by atoms with Crippen molar-refractivity contribution in [1.82, 2.24) is 10.6 Å². The summed E-state index contributed by atoms with van der Waals surface area (Å²) >= 11 is 0. The number of rotatable bonds is 10. The van der Waals surface area contributed by atoms with E-state index in [1.807, 2.05) is 56.3 Å². The van der Waals surface area contributed by atoms with Crippen LogP contribution in [0.25, 0.3) is 11.1 Å². The maximum absolute atomic E-state index is 15.0. The highest BCUT2D eigenvalue weighted by molar-refractivity contribution is 5.95. The molecule has 5 nitrogen and oxygen atoms in total. The number of carbonyl (C=O) groups excluding carboxylic acids is 1. The second-order valence-electron chi connectivity index (χ2n) is 8.99. The van der Waals surface area contributed by atoms with Crippen molar-refractivity contribution >= 4 is 5.91 Å². The van der Waals surface area contributed by atoms with Crippen LogP contribution in [-0.4, -0.2) is 36.9 Å². The van der Waals surface area contributed by atoms with Gasteiger partial charge >= 0.3 is 0 Å². The number of halogens is 1. The molecule has 6 heteroatoms. The number of aliphatic hydroxyl groups is 1. The van der Waals surface area contributed by atoms with E-state index in [0.29, 0.717) is 13.0 Å². The van der Waals surface area contributed by atoms with Gasteiger partial charge in [-0.05, 0) is 72.3 Å². The number of fused-ring (bicyclic) bond motifs is 1. The Morgan fingerprint density at radius 3 is 2.74 bits per heavy atom. The van der Waals surface area contributed by atoms with Crippen LogP contribution in [-0.2, 0) is 17.7 Å². The van der Waals surface area contributed by atoms with Crippen LogP contribution < -0.4 is 10.6 Å². The molecule has 1 aliphatic carbocycles. The summed E-state index contributed by atoms with van der Waals surface area (Å²) in [5, 5.41) is 16.9. The first-order valence-electron chi connectivity index (χ1n) is 12.2. The molecule has 0 saturated heterocycles. The van der Waals surface area contributed by atoms with Gasteiger partial charge in [-0.1, -0.05) is 48.5 Å². The van der Waals surface area contributed by atoms with Crippen LogP contribution in [0, 0.1) is 12.7 Å². The number of ether oxygens (including phenoxy) is 1. The first-order valence-corrected chi connectivity index (χ1v) is 12.2. The largest absolute Gasteiger partial charge is 0.390 e. The van der Waals surface area contributed by atoms with Gasteiger partial charge in [-0.15, -0.1) is 0 Å². The Morgan fingerprint density at radius 2 is 1.97 bits per heavy atom. The van der Waals surface area contributed by atoms with Gasteiger partial charge in [0.1, 0.15) is 5.82 Å². The summed E-state index contributed by atoms with van der Waals surface area (Å²) in [4.78, 5) is 13.0. The zero-order valence-corrected chi connectivity index (χ0v) is 20.3. The Balaban J connectivity index is 1.44. The number of amides is 1. The molecule has 0 spiro atoms. The van der Waals surface area contributed by atoms with Crippen LogP contribution >= 0.6 is 0 Å². The molecule has 3 N–H and O–H groups in total. The van der Waals surface area contributed by atoms with Gasteiger partial charge in [0.25, 0.3) is 5.91 Å². The molecule has 0 unspecified atom stereocenters. The number of hydrogen-bond acceptors (Lipinski definition) is 4. The van der Waals surface area contributed by atoms with Crippen molar-refractivity contribution in [2.75, 3.05) is 19.8 Å². The molecule has 2 atom stereocenters. The minimum atomic E-state index is -0.752. The normalized spacial score (nSPS) is 16.8. The molecular weight excluding hydrogens is 443 g/mol. The molecule has 0 heterocycles. The topological polar surface area (TPSA) is 70.6 Å². The number of carbonyl (C=O) groups is 1. The summed E-state index contributed by atoms with van der Waals surface area (Å²) in [7, 11) is 0. The minimum Gasteiger partial charge on any atom is -0.390 e. The van der Waals surface area contributed by atoms with Crippen molar-refractivity contribution in [1.29, 1.82) is 0 Å². The molecule has 35 heavy (non-hydrogen) atoms. The van der Waals surface area contributed by atoms with Gasteiger partial charge in [-0.2, -0.15) is 0 Å². The summed E-state index contributed by atoms with van der Waals surface area (Å²) in [5.41, 5.74) is 5.61. The summed E-state index contributed by atoms with van der Waals surface area (Å²) in [6, 6.07) is 17.9. The third-order valence-electron chi connectivity index (χ3n) is 6.49. The van der Waals surface area contributed by atoms with Crippen molar-refractivity contribution in [2.45, 2.75) is 45.4 Å². The van der Waals surface area contributed by atoms with E-state index in [9.17, 15) is 14.3 Å². The van der Waals surface area contributed by atoms with E-state index in [4.69, 9.17) is 4.74 Å². The highest BCUT2D eigenvalue weighted by atomic mass is 19.1. The SMILES string of the molecule is CCOCCCNCc1ccc2c(c1)[C@@H](NC(=O)c1ccc(-c3ccccc3C)cc1F)[C@H](O)C2. The number of nitrogens with one attached hydrogen (secondary N) is 2. The van der Waals surface area contributed by atoms with E-state index in [1.165, 1.54) is 12.1 Å². The van der Waals surface area contributed by atoms with Gasteiger partial charge in [0.05, 0.1) is 17.7 Å². The lowest BCUT2D eigenvalue weighted by molar-refractivity contribution is 0.0854. The average molecular weight is 477 g/mol. The van der Waals surface area contributed by atoms with Crippen molar-refractivity contribution < 1.29 is 19.0 Å². The van der Waals surface area contributed by atoms with Gasteiger partial charge < -0.3 is 20.5 Å². The monoisotopic (exact) mass is 476 g/mol. The van der Waals surface area contributed by atoms with Crippen molar-refractivity contribution in [3.8, 4) is 11.1 Å². The number of aryl methyl sites for hydroxylation is 1. The van der Waals surface area contributed by atoms with E-state index in [0.717, 1.165) is 59.6 Å². The minimum absolute atomic E-state index is 0.0323. The Bertz CT molecular complexity index is 1180. The fourth-order valence-electron chi connectivity index (χ4n) is 4.61. The van der Waals surface area contributed by atoms with Crippen LogP contribution in [0.5, 0.6) is 0 Å². The summed E-state index contributed by atoms with van der Waals surface area (Å²) in [6.45, 7) is 6.94.